The molecule has 55 heavy (non-hydrogen) atoms. The number of aryl methyl sites for hydroxylation is 2. The molecule has 0 radical (unpaired) electrons. The molecule has 2 aliphatic carbocycles. The van der Waals surface area contributed by atoms with E-state index in [0.29, 0.717) is 41.4 Å². The van der Waals surface area contributed by atoms with Crippen LogP contribution in [0, 0.1) is 17.8 Å². The molecule has 2 aliphatic rings. The predicted octanol–water partition coefficient (Wildman–Crippen LogP) is 6.71. The third-order valence-electron chi connectivity index (χ3n) is 11.2. The molecule has 15 heteroatoms. The van der Waals surface area contributed by atoms with Crippen molar-refractivity contribution in [2.24, 2.45) is 31.8 Å². The number of hydrogen-bond donors (Lipinski definition) is 2. The van der Waals surface area contributed by atoms with Gasteiger partial charge in [0.25, 0.3) is 0 Å². The summed E-state index contributed by atoms with van der Waals surface area (Å²) in [6, 6.07) is 11.5. The lowest BCUT2D eigenvalue weighted by Gasteiger charge is -2.28. The van der Waals surface area contributed by atoms with E-state index >= 15 is 0 Å². The SMILES string of the molecule is COc1ccc2c(c1)n(CC1CCC(C(=O)CBr)CC1)c(=O)n2C.COc1ccc2c(c1)n(CC1CCC(c3cnc(NC(C)=O)[nH]3)CC1)c(=O)n2C.[2H]CF. The molecule has 5 aromatic rings. The first kappa shape index (κ1) is 40.0. The number of nitrogens with zero attached hydrogens (tertiary/aromatic N) is 5. The van der Waals surface area contributed by atoms with Crippen LogP contribution in [0.4, 0.5) is 10.3 Å². The second kappa shape index (κ2) is 18.8. The van der Waals surface area contributed by atoms with E-state index in [4.69, 9.17) is 10.8 Å². The van der Waals surface area contributed by atoms with Crippen LogP contribution in [0.15, 0.2) is 52.2 Å². The minimum atomic E-state index is -1.00. The number of fused-ring (bicyclic) bond motifs is 2. The predicted molar refractivity (Wildman–Crippen MR) is 216 cm³/mol. The van der Waals surface area contributed by atoms with E-state index in [1.807, 2.05) is 58.8 Å². The molecule has 2 fully saturated rings. The normalized spacial score (nSPS) is 19.8. The number of anilines is 1. The fourth-order valence-corrected chi connectivity index (χ4v) is 8.57. The van der Waals surface area contributed by atoms with Crippen LogP contribution in [0.25, 0.3) is 22.1 Å². The summed E-state index contributed by atoms with van der Waals surface area (Å²) in [7, 11) is 5.89. The number of methoxy groups -OCH3 is 2. The number of rotatable bonds is 10. The number of hydrogen-bond acceptors (Lipinski definition) is 7. The molecule has 0 spiro atoms. The molecule has 0 unspecified atom stereocenters. The Morgan fingerprint density at radius 2 is 1.33 bits per heavy atom. The van der Waals surface area contributed by atoms with Crippen LogP contribution >= 0.6 is 15.9 Å². The number of carbonyl (C=O) groups is 2. The quantitative estimate of drug-likeness (QED) is 0.149. The van der Waals surface area contributed by atoms with Crippen LogP contribution in [-0.4, -0.2) is 66.6 Å². The lowest BCUT2D eigenvalue weighted by molar-refractivity contribution is -0.121. The van der Waals surface area contributed by atoms with E-state index in [2.05, 4.69) is 31.2 Å². The maximum Gasteiger partial charge on any atom is 0.328 e. The van der Waals surface area contributed by atoms with Gasteiger partial charge in [0.2, 0.25) is 11.9 Å². The largest absolute Gasteiger partial charge is 0.497 e. The number of aromatic nitrogens is 6. The van der Waals surface area contributed by atoms with E-state index in [1.165, 1.54) is 6.92 Å². The first-order valence-electron chi connectivity index (χ1n) is 19.4. The van der Waals surface area contributed by atoms with E-state index in [1.54, 1.807) is 30.4 Å². The van der Waals surface area contributed by atoms with Gasteiger partial charge in [0.05, 0.1) is 56.3 Å². The van der Waals surface area contributed by atoms with Crippen molar-refractivity contribution in [3.63, 3.8) is 0 Å². The average Bonchev–Trinajstić information content (AvgIpc) is 3.84. The topological polar surface area (TPSA) is 147 Å². The standard InChI is InChI=1S/C21H27N5O3.C18H23BrN2O3.CH3F/c1-13(27)23-20-22-11-17(24-20)15-6-4-14(5-7-15)12-26-19-10-16(29-3)8-9-18(19)25(2)21(26)28;1-20-15-8-7-14(24-2)9-16(15)21(18(20)23)11-12-3-5-13(6-4-12)17(22)10-19;1-2/h8-11,14-15H,4-7,12H2,1-3H3,(H2,22,23,24,27);7-9,12-13H,3-6,10-11H2,1-2H3;1H3/i;;1D. The summed E-state index contributed by atoms with van der Waals surface area (Å²) in [5, 5.41) is 3.13. The molecule has 2 N–H and O–H groups in total. The Kier molecular flexibility index (Phi) is 13.7. The highest BCUT2D eigenvalue weighted by Gasteiger charge is 2.28. The van der Waals surface area contributed by atoms with Gasteiger partial charge in [0.15, 0.2) is 0 Å². The number of ether oxygens (including phenoxy) is 2. The van der Waals surface area contributed by atoms with Crippen LogP contribution < -0.4 is 26.2 Å². The Hall–Kier alpha value is -4.66. The summed E-state index contributed by atoms with van der Waals surface area (Å²) in [6.45, 7) is 2.90. The summed E-state index contributed by atoms with van der Waals surface area (Å²) >= 11 is 3.26. The lowest BCUT2D eigenvalue weighted by Crippen LogP contribution is -2.29. The molecule has 0 atom stereocenters. The average molecular weight is 828 g/mol. The molecule has 7 rings (SSSR count). The minimum Gasteiger partial charge on any atom is -0.497 e. The summed E-state index contributed by atoms with van der Waals surface area (Å²) < 4.78 is 33.3. The smallest absolute Gasteiger partial charge is 0.328 e. The molecule has 1 amide bonds. The molecule has 0 saturated heterocycles. The number of Topliss-reactive ketones (excluding diaryl/α,β-unsaturated/α-hetero) is 1. The van der Waals surface area contributed by atoms with Crippen LogP contribution in [0.5, 0.6) is 11.5 Å². The number of alkyl halides is 2. The van der Waals surface area contributed by atoms with Crippen LogP contribution in [-0.2, 0) is 36.8 Å². The van der Waals surface area contributed by atoms with Crippen LogP contribution in [0.2, 0.25) is 0 Å². The molecule has 2 saturated carbocycles. The number of ketones is 1. The second-order valence-corrected chi connectivity index (χ2v) is 15.1. The summed E-state index contributed by atoms with van der Waals surface area (Å²) in [6.07, 6.45) is 9.84. The van der Waals surface area contributed by atoms with Crippen molar-refractivity contribution in [1.29, 1.82) is 0 Å². The van der Waals surface area contributed by atoms with Gasteiger partial charge in [-0.3, -0.25) is 37.6 Å². The first-order valence-corrected chi connectivity index (χ1v) is 19.8. The fourth-order valence-electron chi connectivity index (χ4n) is 8.11. The maximum atomic E-state index is 12.8. The molecule has 3 heterocycles. The van der Waals surface area contributed by atoms with E-state index in [-0.39, 0.29) is 23.2 Å². The van der Waals surface area contributed by atoms with Crippen molar-refractivity contribution in [2.45, 2.75) is 77.3 Å². The third kappa shape index (κ3) is 9.42. The fraction of sp³-hybridized carbons (Fsp3) is 0.525. The van der Waals surface area contributed by atoms with Crippen molar-refractivity contribution < 1.29 is 24.8 Å². The van der Waals surface area contributed by atoms with Crippen LogP contribution in [0.1, 0.15) is 71.3 Å². The number of imidazole rings is 3. The Labute approximate surface area is 329 Å². The van der Waals surface area contributed by atoms with Gasteiger partial charge in [-0.15, -0.1) is 0 Å². The van der Waals surface area contributed by atoms with Gasteiger partial charge in [-0.2, -0.15) is 0 Å². The Bertz CT molecular complexity index is 2230. The zero-order valence-electron chi connectivity index (χ0n) is 33.3. The van der Waals surface area contributed by atoms with Crippen molar-refractivity contribution in [3.8, 4) is 11.5 Å². The molecular formula is C40H53BrFN7O6. The van der Waals surface area contributed by atoms with E-state index in [9.17, 15) is 23.6 Å². The number of aromatic amines is 1. The lowest BCUT2D eigenvalue weighted by atomic mass is 9.80. The highest BCUT2D eigenvalue weighted by Crippen LogP contribution is 2.36. The van der Waals surface area contributed by atoms with Crippen molar-refractivity contribution in [1.82, 2.24) is 28.2 Å². The Morgan fingerprint density at radius 3 is 1.76 bits per heavy atom. The number of nitrogens with one attached hydrogen (secondary N) is 2. The molecule has 2 aromatic carbocycles. The van der Waals surface area contributed by atoms with Crippen molar-refractivity contribution in [2.75, 3.05) is 32.0 Å². The van der Waals surface area contributed by atoms with Crippen molar-refractivity contribution >= 4 is 55.6 Å². The zero-order valence-corrected chi connectivity index (χ0v) is 33.9. The molecular weight excluding hydrogens is 773 g/mol. The van der Waals surface area contributed by atoms with Gasteiger partial charge >= 0.3 is 11.4 Å². The summed E-state index contributed by atoms with van der Waals surface area (Å²) in [5.41, 5.74) is 4.78. The highest BCUT2D eigenvalue weighted by atomic mass is 79.9. The van der Waals surface area contributed by atoms with Gasteiger partial charge in [-0.05, 0) is 87.5 Å². The summed E-state index contributed by atoms with van der Waals surface area (Å²) in [4.78, 5) is 55.8. The molecule has 13 nitrogen and oxygen atoms in total. The van der Waals surface area contributed by atoms with Crippen LogP contribution in [0.3, 0.4) is 0 Å². The van der Waals surface area contributed by atoms with Gasteiger partial charge < -0.3 is 14.5 Å². The summed E-state index contributed by atoms with van der Waals surface area (Å²) in [5.74, 6) is 3.69. The second-order valence-electron chi connectivity index (χ2n) is 14.5. The third-order valence-corrected chi connectivity index (χ3v) is 11.7. The molecule has 3 aromatic heterocycles. The number of amides is 1. The molecule has 0 aliphatic heterocycles. The molecule has 298 valence electrons. The van der Waals surface area contributed by atoms with Gasteiger partial charge in [-0.1, -0.05) is 15.9 Å². The first-order chi connectivity index (χ1) is 26.9. The zero-order chi connectivity index (χ0) is 40.5. The van der Waals surface area contributed by atoms with Gasteiger partial charge in [0.1, 0.15) is 17.3 Å². The number of H-pyrrole nitrogens is 1. The van der Waals surface area contributed by atoms with E-state index in [0.717, 1.165) is 97.2 Å². The highest BCUT2D eigenvalue weighted by molar-refractivity contribution is 9.09. The minimum absolute atomic E-state index is 0.0110. The van der Waals surface area contributed by atoms with Gasteiger partial charge in [0, 0.05) is 63.8 Å². The number of halogens is 2. The number of carbonyl (C=O) groups excluding carboxylic acids is 2. The van der Waals surface area contributed by atoms with E-state index < -0.39 is 7.15 Å². The Balaban J connectivity index is 0.000000204. The number of benzene rings is 2. The monoisotopic (exact) mass is 826 g/mol. The molecule has 0 bridgehead atoms. The van der Waals surface area contributed by atoms with Crippen molar-refractivity contribution in [3.05, 3.63) is 69.3 Å². The Morgan fingerprint density at radius 1 is 0.855 bits per heavy atom. The van der Waals surface area contributed by atoms with Gasteiger partial charge in [-0.25, -0.2) is 14.6 Å². The maximum absolute atomic E-state index is 12.8.